The summed E-state index contributed by atoms with van der Waals surface area (Å²) in [6.07, 6.45) is 0. The molecule has 6 heteroatoms. The zero-order valence-electron chi connectivity index (χ0n) is 14.8. The Hall–Kier alpha value is -2.89. The maximum atomic E-state index is 12.8. The Morgan fingerprint density at radius 2 is 1.92 bits per heavy atom. The SMILES string of the molecule is CCOC(=O)c1c(C)[nH]c(C(=O)Cn2c(C)nc3ccccc32)c1C. The normalized spacial score (nSPS) is 11.0. The number of hydrogen-bond acceptors (Lipinski definition) is 4. The van der Waals surface area contributed by atoms with E-state index in [2.05, 4.69) is 9.97 Å². The van der Waals surface area contributed by atoms with Crippen molar-refractivity contribution in [3.8, 4) is 0 Å². The Bertz CT molecular complexity index is 966. The third-order valence-electron chi connectivity index (χ3n) is 4.34. The molecule has 0 saturated carbocycles. The number of aryl methyl sites for hydroxylation is 2. The highest BCUT2D eigenvalue weighted by atomic mass is 16.5. The topological polar surface area (TPSA) is 77.0 Å². The number of para-hydroxylation sites is 2. The van der Waals surface area contributed by atoms with E-state index in [0.717, 1.165) is 16.9 Å². The van der Waals surface area contributed by atoms with Gasteiger partial charge in [-0.25, -0.2) is 9.78 Å². The number of fused-ring (bicyclic) bond motifs is 1. The van der Waals surface area contributed by atoms with Crippen LogP contribution in [0.1, 0.15) is 44.9 Å². The van der Waals surface area contributed by atoms with Crippen molar-refractivity contribution in [3.05, 3.63) is 52.6 Å². The van der Waals surface area contributed by atoms with Gasteiger partial charge in [-0.3, -0.25) is 4.79 Å². The minimum Gasteiger partial charge on any atom is -0.462 e. The van der Waals surface area contributed by atoms with Crippen LogP contribution in [0.15, 0.2) is 24.3 Å². The van der Waals surface area contributed by atoms with Crippen LogP contribution in [0.5, 0.6) is 0 Å². The first kappa shape index (κ1) is 17.0. The number of aromatic amines is 1. The van der Waals surface area contributed by atoms with Crippen LogP contribution >= 0.6 is 0 Å². The number of ether oxygens (including phenoxy) is 1. The number of carbonyl (C=O) groups is 2. The highest BCUT2D eigenvalue weighted by Gasteiger charge is 2.23. The molecule has 0 atom stereocenters. The second-order valence-electron chi connectivity index (χ2n) is 6.00. The summed E-state index contributed by atoms with van der Waals surface area (Å²) < 4.78 is 6.97. The molecule has 0 aliphatic rings. The number of nitrogens with one attached hydrogen (secondary N) is 1. The van der Waals surface area contributed by atoms with E-state index >= 15 is 0 Å². The van der Waals surface area contributed by atoms with Gasteiger partial charge in [0.25, 0.3) is 0 Å². The molecule has 0 amide bonds. The maximum Gasteiger partial charge on any atom is 0.340 e. The number of nitrogens with zero attached hydrogens (tertiary/aromatic N) is 2. The minimum atomic E-state index is -0.405. The number of Topliss-reactive ketones (excluding diaryl/α,β-unsaturated/α-hetero) is 1. The number of ketones is 1. The summed E-state index contributed by atoms with van der Waals surface area (Å²) in [7, 11) is 0. The minimum absolute atomic E-state index is 0.0950. The van der Waals surface area contributed by atoms with Crippen LogP contribution in [0, 0.1) is 20.8 Å². The Labute approximate surface area is 145 Å². The van der Waals surface area contributed by atoms with Gasteiger partial charge in [0.2, 0.25) is 0 Å². The molecule has 6 nitrogen and oxygen atoms in total. The average molecular weight is 339 g/mol. The molecule has 0 aliphatic heterocycles. The molecule has 3 rings (SSSR count). The molecule has 0 fully saturated rings. The van der Waals surface area contributed by atoms with E-state index in [1.807, 2.05) is 35.8 Å². The molecule has 1 aromatic carbocycles. The maximum absolute atomic E-state index is 12.8. The van der Waals surface area contributed by atoms with E-state index < -0.39 is 5.97 Å². The largest absolute Gasteiger partial charge is 0.462 e. The Morgan fingerprint density at radius 3 is 2.64 bits per heavy atom. The van der Waals surface area contributed by atoms with Crippen molar-refractivity contribution in [1.29, 1.82) is 0 Å². The predicted molar refractivity (Wildman–Crippen MR) is 95.0 cm³/mol. The second-order valence-corrected chi connectivity index (χ2v) is 6.00. The highest BCUT2D eigenvalue weighted by Crippen LogP contribution is 2.21. The number of hydrogen-bond donors (Lipinski definition) is 1. The summed E-state index contributed by atoms with van der Waals surface area (Å²) in [4.78, 5) is 32.5. The lowest BCUT2D eigenvalue weighted by molar-refractivity contribution is 0.0525. The summed E-state index contributed by atoms with van der Waals surface area (Å²) in [5.41, 5.74) is 3.93. The molecular formula is C19H21N3O3. The van der Waals surface area contributed by atoms with Gasteiger partial charge >= 0.3 is 5.97 Å². The van der Waals surface area contributed by atoms with Crippen molar-refractivity contribution in [2.75, 3.05) is 6.61 Å². The van der Waals surface area contributed by atoms with E-state index in [1.165, 1.54) is 0 Å². The van der Waals surface area contributed by atoms with E-state index in [0.29, 0.717) is 29.1 Å². The number of carbonyl (C=O) groups excluding carboxylic acids is 2. The van der Waals surface area contributed by atoms with Crippen molar-refractivity contribution in [2.45, 2.75) is 34.2 Å². The third-order valence-corrected chi connectivity index (χ3v) is 4.34. The fraction of sp³-hybridized carbons (Fsp3) is 0.316. The predicted octanol–water partition coefficient (Wildman–Crippen LogP) is 3.35. The quantitative estimate of drug-likeness (QED) is 0.571. The highest BCUT2D eigenvalue weighted by molar-refractivity contribution is 6.01. The van der Waals surface area contributed by atoms with Crippen LogP contribution in [0.25, 0.3) is 11.0 Å². The van der Waals surface area contributed by atoms with E-state index in [9.17, 15) is 9.59 Å². The van der Waals surface area contributed by atoms with Crippen molar-refractivity contribution in [1.82, 2.24) is 14.5 Å². The third kappa shape index (κ3) is 2.95. The van der Waals surface area contributed by atoms with Crippen LogP contribution in [0.4, 0.5) is 0 Å². The molecule has 3 aromatic rings. The molecule has 0 unspecified atom stereocenters. The van der Waals surface area contributed by atoms with Crippen LogP contribution in [-0.4, -0.2) is 32.9 Å². The zero-order chi connectivity index (χ0) is 18.1. The van der Waals surface area contributed by atoms with Gasteiger partial charge in [-0.2, -0.15) is 0 Å². The first-order chi connectivity index (χ1) is 11.9. The summed E-state index contributed by atoms with van der Waals surface area (Å²) >= 11 is 0. The molecule has 2 aromatic heterocycles. The summed E-state index contributed by atoms with van der Waals surface area (Å²) in [6.45, 7) is 7.63. The molecule has 25 heavy (non-hydrogen) atoms. The number of benzene rings is 1. The Balaban J connectivity index is 1.95. The average Bonchev–Trinajstić information content (AvgIpc) is 3.04. The number of H-pyrrole nitrogens is 1. The fourth-order valence-corrected chi connectivity index (χ4v) is 3.16. The van der Waals surface area contributed by atoms with Gasteiger partial charge in [-0.05, 0) is 45.4 Å². The van der Waals surface area contributed by atoms with Gasteiger partial charge in [0, 0.05) is 5.69 Å². The smallest absolute Gasteiger partial charge is 0.340 e. The van der Waals surface area contributed by atoms with Crippen LogP contribution in [0.3, 0.4) is 0 Å². The van der Waals surface area contributed by atoms with Gasteiger partial charge in [0.05, 0.1) is 35.4 Å². The molecule has 0 radical (unpaired) electrons. The van der Waals surface area contributed by atoms with Gasteiger partial charge in [-0.15, -0.1) is 0 Å². The standard InChI is InChI=1S/C19H21N3O3/c1-5-25-19(24)17-11(2)18(20-12(17)3)16(23)10-22-13(4)21-14-8-6-7-9-15(14)22/h6-9,20H,5,10H2,1-4H3. The van der Waals surface area contributed by atoms with E-state index in [4.69, 9.17) is 4.74 Å². The molecule has 130 valence electrons. The lowest BCUT2D eigenvalue weighted by Crippen LogP contribution is -2.13. The van der Waals surface area contributed by atoms with Crippen LogP contribution in [0.2, 0.25) is 0 Å². The van der Waals surface area contributed by atoms with Crippen molar-refractivity contribution >= 4 is 22.8 Å². The van der Waals surface area contributed by atoms with Gasteiger partial charge in [-0.1, -0.05) is 12.1 Å². The van der Waals surface area contributed by atoms with Crippen molar-refractivity contribution in [2.24, 2.45) is 0 Å². The number of esters is 1. The van der Waals surface area contributed by atoms with Crippen LogP contribution in [-0.2, 0) is 11.3 Å². The van der Waals surface area contributed by atoms with E-state index in [-0.39, 0.29) is 12.3 Å². The zero-order valence-corrected chi connectivity index (χ0v) is 14.8. The molecule has 0 spiro atoms. The van der Waals surface area contributed by atoms with Crippen molar-refractivity contribution < 1.29 is 14.3 Å². The Morgan fingerprint density at radius 1 is 1.20 bits per heavy atom. The summed E-state index contributed by atoms with van der Waals surface area (Å²) in [5.74, 6) is 0.278. The molecule has 2 heterocycles. The number of imidazole rings is 1. The lowest BCUT2D eigenvalue weighted by Gasteiger charge is -2.06. The fourth-order valence-electron chi connectivity index (χ4n) is 3.16. The molecule has 1 N–H and O–H groups in total. The molecular weight excluding hydrogens is 318 g/mol. The van der Waals surface area contributed by atoms with Crippen LogP contribution < -0.4 is 0 Å². The monoisotopic (exact) mass is 339 g/mol. The van der Waals surface area contributed by atoms with Gasteiger partial charge < -0.3 is 14.3 Å². The molecule has 0 aliphatic carbocycles. The van der Waals surface area contributed by atoms with E-state index in [1.54, 1.807) is 20.8 Å². The van der Waals surface area contributed by atoms with Gasteiger partial charge in [0.15, 0.2) is 5.78 Å². The molecule has 0 saturated heterocycles. The summed E-state index contributed by atoms with van der Waals surface area (Å²) in [6, 6.07) is 7.71. The van der Waals surface area contributed by atoms with Gasteiger partial charge in [0.1, 0.15) is 5.82 Å². The summed E-state index contributed by atoms with van der Waals surface area (Å²) in [5, 5.41) is 0. The number of rotatable bonds is 5. The molecule has 0 bridgehead atoms. The first-order valence-electron chi connectivity index (χ1n) is 8.25. The van der Waals surface area contributed by atoms with Crippen molar-refractivity contribution in [3.63, 3.8) is 0 Å². The first-order valence-corrected chi connectivity index (χ1v) is 8.25. The Kier molecular flexibility index (Phi) is 4.44. The lowest BCUT2D eigenvalue weighted by atomic mass is 10.1. The number of aromatic nitrogens is 3. The second kappa shape index (κ2) is 6.55.